The molecule has 0 radical (unpaired) electrons. The highest BCUT2D eigenvalue weighted by Crippen LogP contribution is 2.47. The van der Waals surface area contributed by atoms with Gasteiger partial charge in [-0.15, -0.1) is 0 Å². The van der Waals surface area contributed by atoms with Gasteiger partial charge in [0.15, 0.2) is 5.78 Å². The highest BCUT2D eigenvalue weighted by atomic mass is 16.5. The van der Waals surface area contributed by atoms with Gasteiger partial charge < -0.3 is 10.1 Å². The number of ether oxygens (including phenoxy) is 1. The summed E-state index contributed by atoms with van der Waals surface area (Å²) in [5.41, 5.74) is -0.0189. The van der Waals surface area contributed by atoms with Crippen LogP contribution in [0.4, 0.5) is 5.69 Å². The second kappa shape index (κ2) is 4.84. The summed E-state index contributed by atoms with van der Waals surface area (Å²) in [5, 5.41) is 2.66. The molecule has 100 valence electrons. The van der Waals surface area contributed by atoms with E-state index in [4.69, 9.17) is 0 Å². The van der Waals surface area contributed by atoms with Crippen LogP contribution in [-0.4, -0.2) is 24.8 Å². The Morgan fingerprint density at radius 3 is 2.47 bits per heavy atom. The lowest BCUT2D eigenvalue weighted by Crippen LogP contribution is -2.32. The molecule has 1 fully saturated rings. The molecule has 1 aromatic carbocycles. The predicted octanol–water partition coefficient (Wildman–Crippen LogP) is 1.78. The van der Waals surface area contributed by atoms with Crippen molar-refractivity contribution in [1.29, 1.82) is 0 Å². The number of ketones is 1. The van der Waals surface area contributed by atoms with E-state index in [1.54, 1.807) is 24.3 Å². The molecule has 0 heterocycles. The minimum Gasteiger partial charge on any atom is -0.468 e. The van der Waals surface area contributed by atoms with Gasteiger partial charge in [0, 0.05) is 11.3 Å². The van der Waals surface area contributed by atoms with E-state index in [-0.39, 0.29) is 11.7 Å². The van der Waals surface area contributed by atoms with Crippen LogP contribution in [0.3, 0.4) is 0 Å². The molecule has 0 aromatic heterocycles. The van der Waals surface area contributed by atoms with Gasteiger partial charge in [0.05, 0.1) is 7.11 Å². The van der Waals surface area contributed by atoms with Crippen molar-refractivity contribution in [2.24, 2.45) is 5.41 Å². The molecule has 5 nitrogen and oxygen atoms in total. The second-order valence-corrected chi connectivity index (χ2v) is 4.66. The van der Waals surface area contributed by atoms with Crippen LogP contribution in [0.2, 0.25) is 0 Å². The van der Waals surface area contributed by atoms with Crippen molar-refractivity contribution >= 4 is 23.3 Å². The molecule has 1 amide bonds. The van der Waals surface area contributed by atoms with Crippen molar-refractivity contribution < 1.29 is 19.1 Å². The molecule has 1 aliphatic carbocycles. The van der Waals surface area contributed by atoms with E-state index in [0.29, 0.717) is 24.1 Å². The summed E-state index contributed by atoms with van der Waals surface area (Å²) < 4.78 is 4.64. The fourth-order valence-electron chi connectivity index (χ4n) is 1.91. The summed E-state index contributed by atoms with van der Waals surface area (Å²) >= 11 is 0. The number of methoxy groups -OCH3 is 1. The van der Waals surface area contributed by atoms with E-state index < -0.39 is 11.4 Å². The summed E-state index contributed by atoms with van der Waals surface area (Å²) in [6.45, 7) is 1.46. The Labute approximate surface area is 110 Å². The van der Waals surface area contributed by atoms with Gasteiger partial charge in [0.1, 0.15) is 5.41 Å². The molecule has 1 aliphatic rings. The Hall–Kier alpha value is -2.17. The van der Waals surface area contributed by atoms with Crippen LogP contribution in [0, 0.1) is 5.41 Å². The van der Waals surface area contributed by atoms with Gasteiger partial charge >= 0.3 is 5.97 Å². The average Bonchev–Trinajstić information content (AvgIpc) is 3.19. The standard InChI is InChI=1S/C14H15NO4/c1-9(16)10-4-3-5-11(8-10)15-12(17)14(6-7-14)13(18)19-2/h3-5,8H,6-7H2,1-2H3,(H,15,17). The summed E-state index contributed by atoms with van der Waals surface area (Å²) in [4.78, 5) is 34.9. The number of esters is 1. The van der Waals surface area contributed by atoms with Crippen molar-refractivity contribution in [2.75, 3.05) is 12.4 Å². The van der Waals surface area contributed by atoms with E-state index in [9.17, 15) is 14.4 Å². The number of amides is 1. The summed E-state index contributed by atoms with van der Waals surface area (Å²) in [5.74, 6) is -0.960. The Bertz CT molecular complexity index is 546. The smallest absolute Gasteiger partial charge is 0.321 e. The third kappa shape index (κ3) is 2.50. The predicted molar refractivity (Wildman–Crippen MR) is 68.8 cm³/mol. The number of carbonyl (C=O) groups is 3. The molecule has 0 spiro atoms. The van der Waals surface area contributed by atoms with Crippen molar-refractivity contribution in [2.45, 2.75) is 19.8 Å². The first-order chi connectivity index (χ1) is 8.99. The molecule has 0 aliphatic heterocycles. The van der Waals surface area contributed by atoms with Crippen LogP contribution in [0.25, 0.3) is 0 Å². The van der Waals surface area contributed by atoms with Crippen LogP contribution in [0.1, 0.15) is 30.1 Å². The summed E-state index contributed by atoms with van der Waals surface area (Å²) in [6, 6.07) is 6.63. The number of benzene rings is 1. The van der Waals surface area contributed by atoms with E-state index >= 15 is 0 Å². The van der Waals surface area contributed by atoms with Gasteiger partial charge in [-0.05, 0) is 31.9 Å². The zero-order valence-electron chi connectivity index (χ0n) is 10.9. The summed E-state index contributed by atoms with van der Waals surface area (Å²) in [6.07, 6.45) is 0.996. The van der Waals surface area contributed by atoms with E-state index in [2.05, 4.69) is 10.1 Å². The lowest BCUT2D eigenvalue weighted by Gasteiger charge is -2.13. The van der Waals surface area contributed by atoms with Crippen LogP contribution in [0.15, 0.2) is 24.3 Å². The molecule has 1 N–H and O–H groups in total. The molecule has 2 rings (SSSR count). The number of Topliss-reactive ketones (excluding diaryl/α,β-unsaturated/α-hetero) is 1. The van der Waals surface area contributed by atoms with Crippen LogP contribution >= 0.6 is 0 Å². The highest BCUT2D eigenvalue weighted by molar-refractivity contribution is 6.11. The molecule has 0 bridgehead atoms. The third-order valence-electron chi connectivity index (χ3n) is 3.29. The molecule has 0 saturated heterocycles. The number of hydrogen-bond acceptors (Lipinski definition) is 4. The topological polar surface area (TPSA) is 72.5 Å². The van der Waals surface area contributed by atoms with Gasteiger partial charge in [-0.2, -0.15) is 0 Å². The quantitative estimate of drug-likeness (QED) is 0.509. The van der Waals surface area contributed by atoms with Crippen molar-refractivity contribution in [3.05, 3.63) is 29.8 Å². The third-order valence-corrected chi connectivity index (χ3v) is 3.29. The van der Waals surface area contributed by atoms with Crippen molar-refractivity contribution in [1.82, 2.24) is 0 Å². The maximum atomic E-state index is 12.1. The molecule has 1 saturated carbocycles. The van der Waals surface area contributed by atoms with Crippen molar-refractivity contribution in [3.8, 4) is 0 Å². The minimum absolute atomic E-state index is 0.0785. The molecular weight excluding hydrogens is 246 g/mol. The normalized spacial score (nSPS) is 15.5. The van der Waals surface area contributed by atoms with Crippen LogP contribution in [-0.2, 0) is 14.3 Å². The summed E-state index contributed by atoms with van der Waals surface area (Å²) in [7, 11) is 1.27. The van der Waals surface area contributed by atoms with E-state index in [0.717, 1.165) is 0 Å². The van der Waals surface area contributed by atoms with E-state index in [1.807, 2.05) is 0 Å². The molecule has 19 heavy (non-hydrogen) atoms. The number of nitrogens with one attached hydrogen (secondary N) is 1. The van der Waals surface area contributed by atoms with Crippen molar-refractivity contribution in [3.63, 3.8) is 0 Å². The van der Waals surface area contributed by atoms with Crippen LogP contribution < -0.4 is 5.32 Å². The fourth-order valence-corrected chi connectivity index (χ4v) is 1.91. The Morgan fingerprint density at radius 1 is 1.26 bits per heavy atom. The SMILES string of the molecule is COC(=O)C1(C(=O)Nc2cccc(C(C)=O)c2)CC1. The van der Waals surface area contributed by atoms with Crippen LogP contribution in [0.5, 0.6) is 0 Å². The zero-order valence-corrected chi connectivity index (χ0v) is 10.9. The van der Waals surface area contributed by atoms with Gasteiger partial charge in [0.2, 0.25) is 5.91 Å². The number of anilines is 1. The maximum Gasteiger partial charge on any atom is 0.321 e. The Balaban J connectivity index is 2.14. The molecule has 1 aromatic rings. The monoisotopic (exact) mass is 261 g/mol. The number of carbonyl (C=O) groups excluding carboxylic acids is 3. The van der Waals surface area contributed by atoms with Gasteiger partial charge in [-0.3, -0.25) is 14.4 Å². The first kappa shape index (κ1) is 13.3. The lowest BCUT2D eigenvalue weighted by molar-refractivity contribution is -0.150. The van der Waals surface area contributed by atoms with Gasteiger partial charge in [0.25, 0.3) is 0 Å². The average molecular weight is 261 g/mol. The first-order valence-corrected chi connectivity index (χ1v) is 6.00. The van der Waals surface area contributed by atoms with Gasteiger partial charge in [-0.25, -0.2) is 0 Å². The maximum absolute atomic E-state index is 12.1. The van der Waals surface area contributed by atoms with Gasteiger partial charge in [-0.1, -0.05) is 12.1 Å². The molecule has 0 atom stereocenters. The highest BCUT2D eigenvalue weighted by Gasteiger charge is 2.57. The Morgan fingerprint density at radius 2 is 1.95 bits per heavy atom. The lowest BCUT2D eigenvalue weighted by atomic mass is 10.1. The minimum atomic E-state index is -1.04. The molecule has 0 unspecified atom stereocenters. The zero-order chi connectivity index (χ0) is 14.0. The Kier molecular flexibility index (Phi) is 3.38. The number of rotatable bonds is 4. The van der Waals surface area contributed by atoms with E-state index in [1.165, 1.54) is 14.0 Å². The second-order valence-electron chi connectivity index (χ2n) is 4.66. The largest absolute Gasteiger partial charge is 0.468 e. The first-order valence-electron chi connectivity index (χ1n) is 6.00. The molecule has 5 heteroatoms. The fraction of sp³-hybridized carbons (Fsp3) is 0.357. The number of hydrogen-bond donors (Lipinski definition) is 1. The molecular formula is C14H15NO4.